The summed E-state index contributed by atoms with van der Waals surface area (Å²) in [5, 5.41) is 0.336. The van der Waals surface area contributed by atoms with E-state index in [9.17, 15) is 4.39 Å². The van der Waals surface area contributed by atoms with Crippen LogP contribution in [0.25, 0.3) is 0 Å². The van der Waals surface area contributed by atoms with Crippen molar-refractivity contribution in [2.75, 3.05) is 18.0 Å². The van der Waals surface area contributed by atoms with Crippen molar-refractivity contribution in [2.45, 2.75) is 26.7 Å². The van der Waals surface area contributed by atoms with Crippen LogP contribution in [0.3, 0.4) is 0 Å². The molecule has 0 N–H and O–H groups in total. The second-order valence-electron chi connectivity index (χ2n) is 3.39. The zero-order chi connectivity index (χ0) is 11.3. The van der Waals surface area contributed by atoms with Crippen molar-refractivity contribution >= 4 is 17.4 Å². The third-order valence-corrected chi connectivity index (χ3v) is 2.46. The maximum Gasteiger partial charge on any atom is 0.167 e. The van der Waals surface area contributed by atoms with Crippen LogP contribution >= 0.6 is 11.6 Å². The third-order valence-electron chi connectivity index (χ3n) is 2.25. The number of halogens is 2. The second kappa shape index (κ2) is 5.91. The molecule has 2 nitrogen and oxygen atoms in total. The number of hydrogen-bond acceptors (Lipinski definition) is 2. The van der Waals surface area contributed by atoms with Gasteiger partial charge in [0.2, 0.25) is 0 Å². The smallest absolute Gasteiger partial charge is 0.167 e. The van der Waals surface area contributed by atoms with Crippen LogP contribution in [0.5, 0.6) is 0 Å². The lowest BCUT2D eigenvalue weighted by atomic mass is 10.3. The monoisotopic (exact) mass is 230 g/mol. The van der Waals surface area contributed by atoms with Crippen LogP contribution in [0.1, 0.15) is 26.7 Å². The molecular formula is C11H16ClFN2. The Morgan fingerprint density at radius 1 is 1.47 bits per heavy atom. The molecule has 0 aliphatic rings. The molecule has 0 atom stereocenters. The average Bonchev–Trinajstić information content (AvgIpc) is 2.21. The molecule has 1 rings (SSSR count). The molecule has 0 unspecified atom stereocenters. The van der Waals surface area contributed by atoms with Crippen molar-refractivity contribution in [3.8, 4) is 0 Å². The topological polar surface area (TPSA) is 16.1 Å². The summed E-state index contributed by atoms with van der Waals surface area (Å²) in [6, 6.07) is 1.30. The van der Waals surface area contributed by atoms with Gasteiger partial charge in [0.05, 0.1) is 5.02 Å². The highest BCUT2D eigenvalue weighted by molar-refractivity contribution is 6.30. The Morgan fingerprint density at radius 3 is 2.73 bits per heavy atom. The summed E-state index contributed by atoms with van der Waals surface area (Å²) < 4.78 is 13.5. The lowest BCUT2D eigenvalue weighted by Gasteiger charge is -2.21. The van der Waals surface area contributed by atoms with Crippen molar-refractivity contribution in [2.24, 2.45) is 0 Å². The zero-order valence-corrected chi connectivity index (χ0v) is 9.89. The highest BCUT2D eigenvalue weighted by atomic mass is 35.5. The molecule has 1 aromatic heterocycles. The number of nitrogens with zero attached hydrogens (tertiary/aromatic N) is 2. The van der Waals surface area contributed by atoms with E-state index in [1.54, 1.807) is 0 Å². The first-order valence-corrected chi connectivity index (χ1v) is 5.62. The summed E-state index contributed by atoms with van der Waals surface area (Å²) in [6.45, 7) is 5.69. The van der Waals surface area contributed by atoms with Gasteiger partial charge in [-0.05, 0) is 19.4 Å². The first-order chi connectivity index (χ1) is 7.19. The molecule has 0 fully saturated rings. The van der Waals surface area contributed by atoms with Crippen molar-refractivity contribution in [1.82, 2.24) is 4.98 Å². The van der Waals surface area contributed by atoms with Crippen molar-refractivity contribution < 1.29 is 4.39 Å². The standard InChI is InChI=1S/C11H16ClFN2/c1-3-5-6-15(4-2)11-10(13)7-9(12)8-14-11/h7-8H,3-6H2,1-2H3. The summed E-state index contributed by atoms with van der Waals surface area (Å²) in [7, 11) is 0. The Balaban J connectivity index is 2.81. The van der Waals surface area contributed by atoms with Crippen molar-refractivity contribution in [3.05, 3.63) is 23.1 Å². The number of anilines is 1. The minimum Gasteiger partial charge on any atom is -0.354 e. The van der Waals surface area contributed by atoms with E-state index in [0.717, 1.165) is 25.9 Å². The van der Waals surface area contributed by atoms with Gasteiger partial charge in [-0.1, -0.05) is 24.9 Å². The molecule has 0 saturated heterocycles. The van der Waals surface area contributed by atoms with Crippen molar-refractivity contribution in [1.29, 1.82) is 0 Å². The van der Waals surface area contributed by atoms with Crippen LogP contribution in [0, 0.1) is 5.82 Å². The van der Waals surface area contributed by atoms with Gasteiger partial charge in [0.15, 0.2) is 11.6 Å². The molecule has 0 saturated carbocycles. The molecule has 1 heterocycles. The molecule has 0 aliphatic carbocycles. The van der Waals surface area contributed by atoms with Crippen LogP contribution in [0.15, 0.2) is 12.3 Å². The molecular weight excluding hydrogens is 215 g/mol. The largest absolute Gasteiger partial charge is 0.354 e. The lowest BCUT2D eigenvalue weighted by Crippen LogP contribution is -2.25. The van der Waals surface area contributed by atoms with E-state index < -0.39 is 0 Å². The number of hydrogen-bond donors (Lipinski definition) is 0. The molecule has 84 valence electrons. The molecule has 0 aromatic carbocycles. The number of pyridine rings is 1. The third kappa shape index (κ3) is 3.34. The zero-order valence-electron chi connectivity index (χ0n) is 9.13. The van der Waals surface area contributed by atoms with Gasteiger partial charge in [-0.15, -0.1) is 0 Å². The predicted molar refractivity (Wildman–Crippen MR) is 62.0 cm³/mol. The fourth-order valence-electron chi connectivity index (χ4n) is 1.40. The lowest BCUT2D eigenvalue weighted by molar-refractivity contribution is 0.605. The highest BCUT2D eigenvalue weighted by Gasteiger charge is 2.11. The van der Waals surface area contributed by atoms with Gasteiger partial charge in [-0.25, -0.2) is 9.37 Å². The predicted octanol–water partition coefficient (Wildman–Crippen LogP) is 3.50. The molecule has 1 aromatic rings. The van der Waals surface area contributed by atoms with Crippen LogP contribution in [0.4, 0.5) is 10.2 Å². The highest BCUT2D eigenvalue weighted by Crippen LogP contribution is 2.19. The quantitative estimate of drug-likeness (QED) is 0.770. The van der Waals surface area contributed by atoms with Gasteiger partial charge in [0, 0.05) is 19.3 Å². The second-order valence-corrected chi connectivity index (χ2v) is 3.83. The molecule has 0 bridgehead atoms. The van der Waals surface area contributed by atoms with Gasteiger partial charge in [-0.3, -0.25) is 0 Å². The van der Waals surface area contributed by atoms with E-state index in [0.29, 0.717) is 10.8 Å². The van der Waals surface area contributed by atoms with E-state index in [2.05, 4.69) is 11.9 Å². The van der Waals surface area contributed by atoms with Crippen LogP contribution < -0.4 is 4.90 Å². The first kappa shape index (κ1) is 12.2. The van der Waals surface area contributed by atoms with Gasteiger partial charge >= 0.3 is 0 Å². The molecule has 0 radical (unpaired) electrons. The summed E-state index contributed by atoms with van der Waals surface area (Å²) in [5.74, 6) is 0.0517. The van der Waals surface area contributed by atoms with E-state index in [-0.39, 0.29) is 5.82 Å². The van der Waals surface area contributed by atoms with Crippen molar-refractivity contribution in [3.63, 3.8) is 0 Å². The minimum atomic E-state index is -0.347. The van der Waals surface area contributed by atoms with Gasteiger partial charge in [0.1, 0.15) is 0 Å². The Labute approximate surface area is 95.1 Å². The molecule has 0 aliphatic heterocycles. The number of aromatic nitrogens is 1. The average molecular weight is 231 g/mol. The van der Waals surface area contributed by atoms with Gasteiger partial charge in [-0.2, -0.15) is 0 Å². The summed E-state index contributed by atoms with van der Waals surface area (Å²) in [4.78, 5) is 5.95. The molecule has 0 amide bonds. The van der Waals surface area contributed by atoms with E-state index >= 15 is 0 Å². The molecule has 15 heavy (non-hydrogen) atoms. The summed E-state index contributed by atoms with van der Waals surface area (Å²) >= 11 is 5.65. The molecule has 4 heteroatoms. The minimum absolute atomic E-state index is 0.336. The normalized spacial score (nSPS) is 10.4. The van der Waals surface area contributed by atoms with E-state index in [4.69, 9.17) is 11.6 Å². The fraction of sp³-hybridized carbons (Fsp3) is 0.545. The number of unbranched alkanes of at least 4 members (excludes halogenated alkanes) is 1. The molecule has 0 spiro atoms. The number of rotatable bonds is 5. The SMILES string of the molecule is CCCCN(CC)c1ncc(Cl)cc1F. The van der Waals surface area contributed by atoms with Crippen LogP contribution in [-0.4, -0.2) is 18.1 Å². The van der Waals surface area contributed by atoms with Crippen LogP contribution in [0.2, 0.25) is 5.02 Å². The fourth-order valence-corrected chi connectivity index (χ4v) is 1.55. The van der Waals surface area contributed by atoms with E-state index in [1.807, 2.05) is 11.8 Å². The Hall–Kier alpha value is -0.830. The van der Waals surface area contributed by atoms with Crippen LogP contribution in [-0.2, 0) is 0 Å². The summed E-state index contributed by atoms with van der Waals surface area (Å²) in [6.07, 6.45) is 3.61. The summed E-state index contributed by atoms with van der Waals surface area (Å²) in [5.41, 5.74) is 0. The van der Waals surface area contributed by atoms with E-state index in [1.165, 1.54) is 12.3 Å². The maximum absolute atomic E-state index is 13.5. The Bertz CT molecular complexity index is 317. The Morgan fingerprint density at radius 2 is 2.20 bits per heavy atom. The van der Waals surface area contributed by atoms with Gasteiger partial charge < -0.3 is 4.90 Å². The van der Waals surface area contributed by atoms with Gasteiger partial charge in [0.25, 0.3) is 0 Å². The first-order valence-electron chi connectivity index (χ1n) is 5.25. The Kier molecular flexibility index (Phi) is 4.82. The maximum atomic E-state index is 13.5.